The second-order valence-electron chi connectivity index (χ2n) is 7.44. The Bertz CT molecular complexity index is 1200. The smallest absolute Gasteiger partial charge is 0.236 e. The van der Waals surface area contributed by atoms with E-state index in [1.54, 1.807) is 23.8 Å². The quantitative estimate of drug-likeness (QED) is 0.620. The topological polar surface area (TPSA) is 64.4 Å². The average molecular weight is 424 g/mol. The standard InChI is InChI=1S/C23H25N3O3S/c1-17-15-25(16-24-17)22-9-8-19(14-23(22)29-3)11-13-30(27,28)26-12-10-20-6-4-5-7-21(20)18(26)2/h4-9,11,13-16,18H,10,12H2,1-3H3/b13-11+. The fraction of sp³-hybridized carbons (Fsp3) is 0.261. The molecule has 4 rings (SSSR count). The largest absolute Gasteiger partial charge is 0.495 e. The molecule has 1 aliphatic rings. The van der Waals surface area contributed by atoms with Gasteiger partial charge in [0.2, 0.25) is 10.0 Å². The highest BCUT2D eigenvalue weighted by molar-refractivity contribution is 7.92. The Hall–Kier alpha value is -2.90. The Labute approximate surface area is 177 Å². The number of hydrogen-bond donors (Lipinski definition) is 0. The van der Waals surface area contributed by atoms with Crippen LogP contribution in [0.15, 0.2) is 60.4 Å². The van der Waals surface area contributed by atoms with E-state index in [9.17, 15) is 8.42 Å². The molecule has 1 unspecified atom stereocenters. The molecule has 6 nitrogen and oxygen atoms in total. The van der Waals surface area contributed by atoms with E-state index < -0.39 is 10.0 Å². The zero-order valence-electron chi connectivity index (χ0n) is 17.3. The Kier molecular flexibility index (Phi) is 5.49. The number of sulfonamides is 1. The SMILES string of the molecule is COc1cc(/C=C/S(=O)(=O)N2CCc3ccccc3C2C)ccc1-n1cnc(C)c1. The van der Waals surface area contributed by atoms with Gasteiger partial charge in [-0.15, -0.1) is 0 Å². The predicted molar refractivity (Wildman–Crippen MR) is 118 cm³/mol. The molecule has 7 heteroatoms. The first-order chi connectivity index (χ1) is 14.4. The fourth-order valence-corrected chi connectivity index (χ4v) is 5.29. The summed E-state index contributed by atoms with van der Waals surface area (Å²) in [6, 6.07) is 13.4. The lowest BCUT2D eigenvalue weighted by Crippen LogP contribution is -2.37. The van der Waals surface area contributed by atoms with Gasteiger partial charge in [0.25, 0.3) is 0 Å². The summed E-state index contributed by atoms with van der Waals surface area (Å²) >= 11 is 0. The molecule has 0 aliphatic carbocycles. The van der Waals surface area contributed by atoms with Crippen LogP contribution in [0.4, 0.5) is 0 Å². The van der Waals surface area contributed by atoms with Crippen LogP contribution in [0.25, 0.3) is 11.8 Å². The van der Waals surface area contributed by atoms with Crippen LogP contribution < -0.4 is 4.74 Å². The Morgan fingerprint density at radius 1 is 1.20 bits per heavy atom. The Morgan fingerprint density at radius 3 is 2.73 bits per heavy atom. The van der Waals surface area contributed by atoms with Gasteiger partial charge in [-0.2, -0.15) is 4.31 Å². The van der Waals surface area contributed by atoms with Gasteiger partial charge in [-0.1, -0.05) is 30.3 Å². The van der Waals surface area contributed by atoms with Crippen molar-refractivity contribution in [2.24, 2.45) is 0 Å². The minimum atomic E-state index is -3.56. The highest BCUT2D eigenvalue weighted by Gasteiger charge is 2.30. The van der Waals surface area contributed by atoms with E-state index >= 15 is 0 Å². The minimum Gasteiger partial charge on any atom is -0.495 e. The summed E-state index contributed by atoms with van der Waals surface area (Å²) in [5, 5.41) is 1.28. The van der Waals surface area contributed by atoms with Crippen LogP contribution in [0.3, 0.4) is 0 Å². The summed E-state index contributed by atoms with van der Waals surface area (Å²) in [5.74, 6) is 0.646. The second kappa shape index (κ2) is 8.08. The molecule has 156 valence electrons. The third kappa shape index (κ3) is 3.91. The van der Waals surface area contributed by atoms with Crippen molar-refractivity contribution in [1.29, 1.82) is 0 Å². The Morgan fingerprint density at radius 2 is 2.00 bits per heavy atom. The van der Waals surface area contributed by atoms with Crippen molar-refractivity contribution in [2.45, 2.75) is 26.3 Å². The molecule has 30 heavy (non-hydrogen) atoms. The highest BCUT2D eigenvalue weighted by atomic mass is 32.2. The molecule has 0 saturated heterocycles. The van der Waals surface area contributed by atoms with Crippen molar-refractivity contribution in [3.05, 3.63) is 82.8 Å². The number of ether oxygens (including phenoxy) is 1. The fourth-order valence-electron chi connectivity index (χ4n) is 3.90. The van der Waals surface area contributed by atoms with Gasteiger partial charge >= 0.3 is 0 Å². The van der Waals surface area contributed by atoms with Gasteiger partial charge in [0.1, 0.15) is 5.75 Å². The van der Waals surface area contributed by atoms with Crippen LogP contribution in [-0.4, -0.2) is 35.9 Å². The number of fused-ring (bicyclic) bond motifs is 1. The van der Waals surface area contributed by atoms with E-state index in [-0.39, 0.29) is 6.04 Å². The minimum absolute atomic E-state index is 0.189. The number of aryl methyl sites for hydroxylation is 1. The maximum Gasteiger partial charge on any atom is 0.236 e. The normalized spacial score (nSPS) is 17.2. The zero-order chi connectivity index (χ0) is 21.3. The van der Waals surface area contributed by atoms with Gasteiger partial charge in [-0.3, -0.25) is 0 Å². The number of imidazole rings is 1. The van der Waals surface area contributed by atoms with Crippen LogP contribution >= 0.6 is 0 Å². The summed E-state index contributed by atoms with van der Waals surface area (Å²) in [4.78, 5) is 4.24. The Balaban J connectivity index is 1.59. The number of aromatic nitrogens is 2. The lowest BCUT2D eigenvalue weighted by Gasteiger charge is -2.33. The first kappa shape index (κ1) is 20.4. The molecule has 0 amide bonds. The van der Waals surface area contributed by atoms with Gasteiger partial charge in [0, 0.05) is 24.2 Å². The maximum atomic E-state index is 13.0. The number of nitrogens with zero attached hydrogens (tertiary/aromatic N) is 3. The van der Waals surface area contributed by atoms with E-state index in [0.29, 0.717) is 12.3 Å². The second-order valence-corrected chi connectivity index (χ2v) is 9.21. The third-order valence-electron chi connectivity index (χ3n) is 5.49. The van der Waals surface area contributed by atoms with E-state index in [2.05, 4.69) is 11.1 Å². The van der Waals surface area contributed by atoms with Crippen molar-refractivity contribution in [2.75, 3.05) is 13.7 Å². The average Bonchev–Trinajstić information content (AvgIpc) is 3.18. The van der Waals surface area contributed by atoms with Crippen molar-refractivity contribution in [3.63, 3.8) is 0 Å². The molecule has 2 aromatic carbocycles. The summed E-state index contributed by atoms with van der Waals surface area (Å²) < 4.78 is 35.0. The molecule has 0 saturated carbocycles. The molecule has 1 aliphatic heterocycles. The van der Waals surface area contributed by atoms with Crippen LogP contribution in [0.5, 0.6) is 5.75 Å². The van der Waals surface area contributed by atoms with E-state index in [0.717, 1.165) is 28.9 Å². The van der Waals surface area contributed by atoms with Crippen molar-refractivity contribution in [1.82, 2.24) is 13.9 Å². The summed E-state index contributed by atoms with van der Waals surface area (Å²) in [6.07, 6.45) is 5.98. The lowest BCUT2D eigenvalue weighted by molar-refractivity contribution is 0.331. The summed E-state index contributed by atoms with van der Waals surface area (Å²) in [6.45, 7) is 4.34. The van der Waals surface area contributed by atoms with Gasteiger partial charge in [-0.05, 0) is 55.2 Å². The molecule has 0 radical (unpaired) electrons. The molecule has 1 atom stereocenters. The number of benzene rings is 2. The third-order valence-corrected chi connectivity index (χ3v) is 7.12. The number of methoxy groups -OCH3 is 1. The number of rotatable bonds is 5. The summed E-state index contributed by atoms with van der Waals surface area (Å²) in [7, 11) is -1.96. The predicted octanol–water partition coefficient (Wildman–Crippen LogP) is 4.11. The monoisotopic (exact) mass is 423 g/mol. The van der Waals surface area contributed by atoms with Crippen LogP contribution in [0, 0.1) is 6.92 Å². The van der Waals surface area contributed by atoms with Crippen LogP contribution in [0.2, 0.25) is 0 Å². The first-order valence-corrected chi connectivity index (χ1v) is 11.4. The van der Waals surface area contributed by atoms with Gasteiger partial charge in [0.15, 0.2) is 0 Å². The van der Waals surface area contributed by atoms with Crippen molar-refractivity contribution >= 4 is 16.1 Å². The van der Waals surface area contributed by atoms with E-state index in [1.165, 1.54) is 11.0 Å². The van der Waals surface area contributed by atoms with Crippen molar-refractivity contribution in [3.8, 4) is 11.4 Å². The molecular weight excluding hydrogens is 398 g/mol. The van der Waals surface area contributed by atoms with Gasteiger partial charge < -0.3 is 9.30 Å². The molecule has 0 spiro atoms. The first-order valence-electron chi connectivity index (χ1n) is 9.86. The van der Waals surface area contributed by atoms with Crippen LogP contribution in [0.1, 0.15) is 35.3 Å². The molecule has 2 heterocycles. The molecule has 0 N–H and O–H groups in total. The van der Waals surface area contributed by atoms with E-state index in [1.807, 2.05) is 61.0 Å². The molecule has 0 bridgehead atoms. The van der Waals surface area contributed by atoms with Gasteiger partial charge in [-0.25, -0.2) is 13.4 Å². The lowest BCUT2D eigenvalue weighted by atomic mass is 9.96. The molecular formula is C23H25N3O3S. The van der Waals surface area contributed by atoms with Crippen molar-refractivity contribution < 1.29 is 13.2 Å². The van der Waals surface area contributed by atoms with Crippen LogP contribution in [-0.2, 0) is 16.4 Å². The number of hydrogen-bond acceptors (Lipinski definition) is 4. The molecule has 3 aromatic rings. The molecule has 1 aromatic heterocycles. The highest BCUT2D eigenvalue weighted by Crippen LogP contribution is 2.32. The van der Waals surface area contributed by atoms with E-state index in [4.69, 9.17) is 4.74 Å². The molecule has 0 fully saturated rings. The zero-order valence-corrected chi connectivity index (χ0v) is 18.1. The maximum absolute atomic E-state index is 13.0. The van der Waals surface area contributed by atoms with Gasteiger partial charge in [0.05, 0.1) is 24.8 Å². The summed E-state index contributed by atoms with van der Waals surface area (Å²) in [5.41, 5.74) is 4.79.